The van der Waals surface area contributed by atoms with Crippen LogP contribution < -0.4 is 5.32 Å². The van der Waals surface area contributed by atoms with Gasteiger partial charge in [0.25, 0.3) is 0 Å². The number of hydrogen-bond donors (Lipinski definition) is 1. The highest BCUT2D eigenvalue weighted by Crippen LogP contribution is 2.21. The number of ether oxygens (including phenoxy) is 3. The second kappa shape index (κ2) is 7.74. The van der Waals surface area contributed by atoms with E-state index in [9.17, 15) is 0 Å². The predicted molar refractivity (Wildman–Crippen MR) is 80.0 cm³/mol. The molecule has 118 valence electrons. The standard InChI is InChI=1S/C16H31NO3/c1-16(2,3)17-10-14-4-5-15(20-14)12-19-11-13-6-8-18-9-7-13/h13-15,17H,4-12H2,1-3H3. The molecule has 2 saturated heterocycles. The second-order valence-corrected chi connectivity index (χ2v) is 7.18. The molecule has 0 aromatic carbocycles. The van der Waals surface area contributed by atoms with Crippen LogP contribution in [-0.4, -0.2) is 50.7 Å². The lowest BCUT2D eigenvalue weighted by Gasteiger charge is -2.24. The molecular weight excluding hydrogens is 254 g/mol. The van der Waals surface area contributed by atoms with Crippen LogP contribution in [0.1, 0.15) is 46.5 Å². The van der Waals surface area contributed by atoms with Gasteiger partial charge in [0.15, 0.2) is 0 Å². The summed E-state index contributed by atoms with van der Waals surface area (Å²) >= 11 is 0. The Morgan fingerprint density at radius 1 is 1.00 bits per heavy atom. The van der Waals surface area contributed by atoms with Crippen molar-refractivity contribution in [3.05, 3.63) is 0 Å². The average molecular weight is 285 g/mol. The number of nitrogens with one attached hydrogen (secondary N) is 1. The van der Waals surface area contributed by atoms with Crippen molar-refractivity contribution in [2.24, 2.45) is 5.92 Å². The van der Waals surface area contributed by atoms with Gasteiger partial charge in [0, 0.05) is 31.9 Å². The minimum Gasteiger partial charge on any atom is -0.381 e. The molecule has 2 fully saturated rings. The fourth-order valence-corrected chi connectivity index (χ4v) is 2.75. The lowest BCUT2D eigenvalue weighted by atomic mass is 10.0. The van der Waals surface area contributed by atoms with E-state index in [0.29, 0.717) is 18.1 Å². The maximum Gasteiger partial charge on any atom is 0.0813 e. The van der Waals surface area contributed by atoms with E-state index in [1.807, 2.05) is 0 Å². The summed E-state index contributed by atoms with van der Waals surface area (Å²) in [6, 6.07) is 0. The zero-order valence-corrected chi connectivity index (χ0v) is 13.3. The molecule has 4 heteroatoms. The van der Waals surface area contributed by atoms with Crippen molar-refractivity contribution in [2.75, 3.05) is 33.0 Å². The molecule has 1 N–H and O–H groups in total. The van der Waals surface area contributed by atoms with Crippen molar-refractivity contribution in [1.82, 2.24) is 5.32 Å². The Hall–Kier alpha value is -0.160. The Kier molecular flexibility index (Phi) is 6.27. The van der Waals surface area contributed by atoms with E-state index < -0.39 is 0 Å². The third-order valence-corrected chi connectivity index (χ3v) is 4.05. The topological polar surface area (TPSA) is 39.7 Å². The van der Waals surface area contributed by atoms with Gasteiger partial charge in [-0.15, -0.1) is 0 Å². The molecule has 0 spiro atoms. The molecule has 0 amide bonds. The van der Waals surface area contributed by atoms with Gasteiger partial charge in [-0.2, -0.15) is 0 Å². The third-order valence-electron chi connectivity index (χ3n) is 4.05. The first kappa shape index (κ1) is 16.2. The summed E-state index contributed by atoms with van der Waals surface area (Å²) < 4.78 is 17.2. The first-order chi connectivity index (χ1) is 9.53. The Balaban J connectivity index is 1.54. The molecule has 0 aromatic heterocycles. The Morgan fingerprint density at radius 2 is 1.70 bits per heavy atom. The second-order valence-electron chi connectivity index (χ2n) is 7.18. The summed E-state index contributed by atoms with van der Waals surface area (Å²) in [6.07, 6.45) is 5.21. The Morgan fingerprint density at radius 3 is 2.40 bits per heavy atom. The van der Waals surface area contributed by atoms with Crippen molar-refractivity contribution in [1.29, 1.82) is 0 Å². The largest absolute Gasteiger partial charge is 0.381 e. The van der Waals surface area contributed by atoms with Gasteiger partial charge < -0.3 is 19.5 Å². The van der Waals surface area contributed by atoms with E-state index in [1.54, 1.807) is 0 Å². The maximum atomic E-state index is 6.03. The van der Waals surface area contributed by atoms with Crippen LogP contribution in [0.4, 0.5) is 0 Å². The van der Waals surface area contributed by atoms with Crippen molar-refractivity contribution in [3.63, 3.8) is 0 Å². The van der Waals surface area contributed by atoms with E-state index in [0.717, 1.165) is 58.7 Å². The van der Waals surface area contributed by atoms with E-state index in [1.165, 1.54) is 0 Å². The lowest BCUT2D eigenvalue weighted by Crippen LogP contribution is -2.41. The van der Waals surface area contributed by atoms with Crippen LogP contribution in [0.15, 0.2) is 0 Å². The fraction of sp³-hybridized carbons (Fsp3) is 1.00. The lowest BCUT2D eigenvalue weighted by molar-refractivity contribution is -0.0354. The van der Waals surface area contributed by atoms with Gasteiger partial charge in [-0.05, 0) is 52.4 Å². The third kappa shape index (κ3) is 6.08. The van der Waals surface area contributed by atoms with Gasteiger partial charge in [-0.3, -0.25) is 0 Å². The van der Waals surface area contributed by atoms with Crippen LogP contribution in [0.25, 0.3) is 0 Å². The molecule has 0 aromatic rings. The first-order valence-electron chi connectivity index (χ1n) is 8.09. The summed E-state index contributed by atoms with van der Waals surface area (Å²) in [5.41, 5.74) is 0.168. The van der Waals surface area contributed by atoms with Crippen LogP contribution in [0, 0.1) is 5.92 Å². The minimum absolute atomic E-state index is 0.168. The summed E-state index contributed by atoms with van der Waals surface area (Å²) in [6.45, 7) is 10.9. The molecule has 0 aliphatic carbocycles. The molecule has 0 bridgehead atoms. The number of rotatable bonds is 6. The van der Waals surface area contributed by atoms with Crippen LogP contribution in [0.5, 0.6) is 0 Å². The summed E-state index contributed by atoms with van der Waals surface area (Å²) in [5.74, 6) is 0.684. The van der Waals surface area contributed by atoms with Crippen LogP contribution in [-0.2, 0) is 14.2 Å². The van der Waals surface area contributed by atoms with E-state index in [2.05, 4.69) is 26.1 Å². The first-order valence-corrected chi connectivity index (χ1v) is 8.09. The zero-order chi connectivity index (χ0) is 14.4. The van der Waals surface area contributed by atoms with Gasteiger partial charge in [-0.25, -0.2) is 0 Å². The van der Waals surface area contributed by atoms with Crippen molar-refractivity contribution < 1.29 is 14.2 Å². The van der Waals surface area contributed by atoms with Crippen molar-refractivity contribution >= 4 is 0 Å². The normalized spacial score (nSPS) is 28.9. The Bertz CT molecular complexity index is 271. The molecule has 0 radical (unpaired) electrons. The van der Waals surface area contributed by atoms with Gasteiger partial charge >= 0.3 is 0 Å². The maximum absolute atomic E-state index is 6.03. The molecular formula is C16H31NO3. The monoisotopic (exact) mass is 285 g/mol. The quantitative estimate of drug-likeness (QED) is 0.813. The molecule has 2 rings (SSSR count). The molecule has 0 saturated carbocycles. The highest BCUT2D eigenvalue weighted by Gasteiger charge is 2.26. The molecule has 2 unspecified atom stereocenters. The molecule has 20 heavy (non-hydrogen) atoms. The summed E-state index contributed by atoms with van der Waals surface area (Å²) in [4.78, 5) is 0. The van der Waals surface area contributed by atoms with E-state index in [4.69, 9.17) is 14.2 Å². The van der Waals surface area contributed by atoms with Crippen molar-refractivity contribution in [3.8, 4) is 0 Å². The van der Waals surface area contributed by atoms with E-state index in [-0.39, 0.29) is 5.54 Å². The predicted octanol–water partition coefficient (Wildman–Crippen LogP) is 2.37. The molecule has 2 aliphatic rings. The van der Waals surface area contributed by atoms with Gasteiger partial charge in [0.2, 0.25) is 0 Å². The fourth-order valence-electron chi connectivity index (χ4n) is 2.75. The summed E-state index contributed by atoms with van der Waals surface area (Å²) in [7, 11) is 0. The zero-order valence-electron chi connectivity index (χ0n) is 13.3. The van der Waals surface area contributed by atoms with Crippen LogP contribution in [0.2, 0.25) is 0 Å². The highest BCUT2D eigenvalue weighted by atomic mass is 16.5. The number of hydrogen-bond acceptors (Lipinski definition) is 4. The van der Waals surface area contributed by atoms with Gasteiger partial charge in [0.1, 0.15) is 0 Å². The average Bonchev–Trinajstić information content (AvgIpc) is 2.85. The SMILES string of the molecule is CC(C)(C)NCC1CCC(COCC2CCOCC2)O1. The summed E-state index contributed by atoms with van der Waals surface area (Å²) in [5, 5.41) is 3.51. The molecule has 2 aliphatic heterocycles. The van der Waals surface area contributed by atoms with Gasteiger partial charge in [-0.1, -0.05) is 0 Å². The van der Waals surface area contributed by atoms with Crippen molar-refractivity contribution in [2.45, 2.75) is 64.2 Å². The van der Waals surface area contributed by atoms with E-state index >= 15 is 0 Å². The van der Waals surface area contributed by atoms with Crippen LogP contribution >= 0.6 is 0 Å². The Labute approximate surface area is 123 Å². The van der Waals surface area contributed by atoms with Gasteiger partial charge in [0.05, 0.1) is 18.8 Å². The highest BCUT2D eigenvalue weighted by molar-refractivity contribution is 4.79. The molecule has 2 atom stereocenters. The molecule has 4 nitrogen and oxygen atoms in total. The minimum atomic E-state index is 0.168. The smallest absolute Gasteiger partial charge is 0.0813 e. The molecule has 2 heterocycles. The van der Waals surface area contributed by atoms with Crippen LogP contribution in [0.3, 0.4) is 0 Å².